The van der Waals surface area contributed by atoms with Gasteiger partial charge in [0.15, 0.2) is 0 Å². The lowest BCUT2D eigenvalue weighted by Crippen LogP contribution is -2.46. The number of amides is 1. The summed E-state index contributed by atoms with van der Waals surface area (Å²) in [5, 5.41) is 59.4. The van der Waals surface area contributed by atoms with Crippen molar-refractivity contribution in [1.82, 2.24) is 0 Å². The summed E-state index contributed by atoms with van der Waals surface area (Å²) < 4.78 is 0. The highest BCUT2D eigenvalue weighted by molar-refractivity contribution is 5.61. The summed E-state index contributed by atoms with van der Waals surface area (Å²) in [6.45, 7) is -1.45. The average molecular weight is 243 g/mol. The molecule has 0 rings (SSSR count). The number of rotatable bonds is 5. The lowest BCUT2D eigenvalue weighted by Gasteiger charge is -2.24. The summed E-state index contributed by atoms with van der Waals surface area (Å²) in [5.41, 5.74) is 4.03. The van der Waals surface area contributed by atoms with Gasteiger partial charge in [-0.1, -0.05) is 0 Å². The number of carbonyl (C=O) groups is 1. The van der Waals surface area contributed by atoms with Crippen LogP contribution in [0.4, 0.5) is 4.79 Å². The summed E-state index contributed by atoms with van der Waals surface area (Å²) in [7, 11) is 0. The van der Waals surface area contributed by atoms with Gasteiger partial charge in [0.25, 0.3) is 0 Å². The van der Waals surface area contributed by atoms with Crippen LogP contribution in [-0.2, 0) is 0 Å². The molecule has 0 aliphatic rings. The van der Waals surface area contributed by atoms with E-state index < -0.39 is 43.7 Å². The van der Waals surface area contributed by atoms with Crippen LogP contribution in [0.1, 0.15) is 0 Å². The van der Waals surface area contributed by atoms with Crippen molar-refractivity contribution in [2.24, 2.45) is 5.73 Å². The molecule has 0 fully saturated rings. The van der Waals surface area contributed by atoms with E-state index in [-0.39, 0.29) is 0 Å². The molecule has 0 aromatic heterocycles. The molecule has 16 heavy (non-hydrogen) atoms. The Hall–Kier alpha value is -0.970. The molecule has 0 saturated carbocycles. The highest BCUT2D eigenvalue weighted by Crippen LogP contribution is 2.03. The maximum absolute atomic E-state index is 8.96. The van der Waals surface area contributed by atoms with Gasteiger partial charge in [-0.2, -0.15) is 0 Å². The molecule has 4 atom stereocenters. The van der Waals surface area contributed by atoms with Gasteiger partial charge in [0, 0.05) is 0 Å². The minimum atomic E-state index is -1.67. The Bertz CT molecular complexity index is 171. The number of aliphatic hydroxyl groups excluding tert-OH is 6. The smallest absolute Gasteiger partial charge is 0.402 e. The van der Waals surface area contributed by atoms with Crippen LogP contribution in [0.5, 0.6) is 0 Å². The number of primary amides is 1. The largest absolute Gasteiger partial charge is 0.465 e. The monoisotopic (exact) mass is 243 g/mol. The Labute approximate surface area is 91.0 Å². The molecule has 0 aliphatic carbocycles. The van der Waals surface area contributed by atoms with Gasteiger partial charge < -0.3 is 41.5 Å². The molecule has 0 heterocycles. The molecule has 0 bridgehead atoms. The molecular weight excluding hydrogens is 226 g/mol. The van der Waals surface area contributed by atoms with Gasteiger partial charge in [-0.25, -0.2) is 4.79 Å². The SMILES string of the molecule is NC(=O)O.OCC(O)C(O)C(O)C(O)CO. The molecule has 98 valence electrons. The van der Waals surface area contributed by atoms with Crippen molar-refractivity contribution < 1.29 is 40.5 Å². The lowest BCUT2D eigenvalue weighted by molar-refractivity contribution is -0.123. The van der Waals surface area contributed by atoms with E-state index in [1.54, 1.807) is 0 Å². The molecule has 9 nitrogen and oxygen atoms in total. The minimum Gasteiger partial charge on any atom is -0.465 e. The second-order valence-electron chi connectivity index (χ2n) is 2.82. The van der Waals surface area contributed by atoms with Crippen LogP contribution in [0.2, 0.25) is 0 Å². The average Bonchev–Trinajstić information content (AvgIpc) is 2.24. The fourth-order valence-corrected chi connectivity index (χ4v) is 0.671. The van der Waals surface area contributed by atoms with Crippen molar-refractivity contribution in [3.63, 3.8) is 0 Å². The molecule has 0 spiro atoms. The van der Waals surface area contributed by atoms with Crippen LogP contribution in [0, 0.1) is 0 Å². The fourth-order valence-electron chi connectivity index (χ4n) is 0.671. The molecule has 9 heteroatoms. The first-order chi connectivity index (χ1) is 7.27. The predicted octanol–water partition coefficient (Wildman–Crippen LogP) is -3.96. The molecule has 1 amide bonds. The first kappa shape index (κ1) is 17.4. The molecule has 4 unspecified atom stereocenters. The number of carboxylic acid groups (broad SMARTS) is 1. The molecule has 9 N–H and O–H groups in total. The third kappa shape index (κ3) is 8.35. The fraction of sp³-hybridized carbons (Fsp3) is 0.857. The van der Waals surface area contributed by atoms with Crippen LogP contribution < -0.4 is 5.73 Å². The Kier molecular flexibility index (Phi) is 10.1. The van der Waals surface area contributed by atoms with Crippen molar-refractivity contribution in [2.75, 3.05) is 13.2 Å². The Morgan fingerprint density at radius 2 is 1.12 bits per heavy atom. The van der Waals surface area contributed by atoms with Crippen molar-refractivity contribution in [3.05, 3.63) is 0 Å². The van der Waals surface area contributed by atoms with Crippen LogP contribution in [0.15, 0.2) is 0 Å². The van der Waals surface area contributed by atoms with Gasteiger partial charge >= 0.3 is 6.09 Å². The van der Waals surface area contributed by atoms with E-state index in [1.165, 1.54) is 0 Å². The third-order valence-corrected chi connectivity index (χ3v) is 1.51. The third-order valence-electron chi connectivity index (χ3n) is 1.51. The van der Waals surface area contributed by atoms with Crippen LogP contribution >= 0.6 is 0 Å². The Morgan fingerprint density at radius 1 is 0.938 bits per heavy atom. The molecule has 0 aliphatic heterocycles. The topological polar surface area (TPSA) is 185 Å². The zero-order chi connectivity index (χ0) is 13.3. The summed E-state index contributed by atoms with van der Waals surface area (Å²) >= 11 is 0. The lowest BCUT2D eigenvalue weighted by atomic mass is 10.0. The minimum absolute atomic E-state index is 0.726. The van der Waals surface area contributed by atoms with Crippen molar-refractivity contribution in [3.8, 4) is 0 Å². The zero-order valence-electron chi connectivity index (χ0n) is 8.34. The van der Waals surface area contributed by atoms with E-state index in [1.807, 2.05) is 0 Å². The second kappa shape index (κ2) is 9.27. The highest BCUT2D eigenvalue weighted by Gasteiger charge is 2.29. The van der Waals surface area contributed by atoms with Crippen LogP contribution in [0.25, 0.3) is 0 Å². The summed E-state index contributed by atoms with van der Waals surface area (Å²) in [6.07, 6.45) is -7.73. The van der Waals surface area contributed by atoms with Crippen LogP contribution in [0.3, 0.4) is 0 Å². The Morgan fingerprint density at radius 3 is 1.25 bits per heavy atom. The van der Waals surface area contributed by atoms with Gasteiger partial charge in [-0.3, -0.25) is 0 Å². The molecule has 0 aromatic carbocycles. The number of aliphatic hydroxyl groups is 6. The van der Waals surface area contributed by atoms with Crippen LogP contribution in [-0.4, -0.2) is 79.5 Å². The van der Waals surface area contributed by atoms with Crippen molar-refractivity contribution in [1.29, 1.82) is 0 Å². The van der Waals surface area contributed by atoms with E-state index in [4.69, 9.17) is 40.5 Å². The first-order valence-electron chi connectivity index (χ1n) is 4.20. The molecular formula is C7H17NO8. The standard InChI is InChI=1S/C6H14O6.CH3NO2/c7-1-3(9)5(11)6(12)4(10)2-8;2-1(3)4/h3-12H,1-2H2;2H2,(H,3,4). The zero-order valence-corrected chi connectivity index (χ0v) is 8.34. The molecule has 0 saturated heterocycles. The predicted molar refractivity (Wildman–Crippen MR) is 50.4 cm³/mol. The van der Waals surface area contributed by atoms with Gasteiger partial charge in [0.1, 0.15) is 24.4 Å². The van der Waals surface area contributed by atoms with E-state index >= 15 is 0 Å². The van der Waals surface area contributed by atoms with E-state index in [2.05, 4.69) is 5.73 Å². The maximum atomic E-state index is 8.96. The van der Waals surface area contributed by atoms with Gasteiger partial charge in [-0.05, 0) is 0 Å². The molecule has 0 radical (unpaired) electrons. The first-order valence-corrected chi connectivity index (χ1v) is 4.20. The molecule has 0 aromatic rings. The normalized spacial score (nSPS) is 17.6. The summed E-state index contributed by atoms with van der Waals surface area (Å²) in [5.74, 6) is 0. The number of hydrogen-bond acceptors (Lipinski definition) is 7. The van der Waals surface area contributed by atoms with Gasteiger partial charge in [0.2, 0.25) is 0 Å². The summed E-state index contributed by atoms with van der Waals surface area (Å²) in [4.78, 5) is 8.78. The Balaban J connectivity index is 0. The maximum Gasteiger partial charge on any atom is 0.402 e. The van der Waals surface area contributed by atoms with E-state index in [9.17, 15) is 0 Å². The number of nitrogens with two attached hydrogens (primary N) is 1. The van der Waals surface area contributed by atoms with Crippen molar-refractivity contribution >= 4 is 6.09 Å². The van der Waals surface area contributed by atoms with Gasteiger partial charge in [0.05, 0.1) is 13.2 Å². The highest BCUT2D eigenvalue weighted by atomic mass is 16.4. The number of hydrogen-bond donors (Lipinski definition) is 8. The van der Waals surface area contributed by atoms with Gasteiger partial charge in [-0.15, -0.1) is 0 Å². The summed E-state index contributed by atoms with van der Waals surface area (Å²) in [6, 6.07) is 0. The quantitative estimate of drug-likeness (QED) is 0.240. The van der Waals surface area contributed by atoms with Crippen molar-refractivity contribution in [2.45, 2.75) is 24.4 Å². The van der Waals surface area contributed by atoms with E-state index in [0.717, 1.165) is 0 Å². The van der Waals surface area contributed by atoms with E-state index in [0.29, 0.717) is 0 Å². The second-order valence-corrected chi connectivity index (χ2v) is 2.82.